The van der Waals surface area contributed by atoms with Crippen molar-refractivity contribution < 1.29 is 9.59 Å². The van der Waals surface area contributed by atoms with Crippen LogP contribution in [-0.2, 0) is 4.79 Å². The number of nitrogens with one attached hydrogen (secondary N) is 2. The van der Waals surface area contributed by atoms with E-state index in [4.69, 9.17) is 5.26 Å². The molecule has 0 atom stereocenters. The number of nitrogens with zero attached hydrogens (tertiary/aromatic N) is 1. The molecule has 0 spiro atoms. The molecule has 2 rings (SSSR count). The third-order valence-corrected chi connectivity index (χ3v) is 3.17. The molecule has 0 aromatic heterocycles. The van der Waals surface area contributed by atoms with Crippen LogP contribution < -0.4 is 10.6 Å². The van der Waals surface area contributed by atoms with Crippen LogP contribution in [0.5, 0.6) is 0 Å². The number of amides is 2. The van der Waals surface area contributed by atoms with Gasteiger partial charge in [0.1, 0.15) is 0 Å². The molecule has 5 heteroatoms. The SMILES string of the molecule is CC(=O)Nc1cccc(NC(=O)c2ccc(C#N)cc2)c1C. The Morgan fingerprint density at radius 2 is 1.59 bits per heavy atom. The lowest BCUT2D eigenvalue weighted by atomic mass is 10.1. The number of benzene rings is 2. The summed E-state index contributed by atoms with van der Waals surface area (Å²) < 4.78 is 0. The van der Waals surface area contributed by atoms with E-state index in [0.29, 0.717) is 22.5 Å². The number of hydrogen-bond acceptors (Lipinski definition) is 3. The lowest BCUT2D eigenvalue weighted by Crippen LogP contribution is -2.14. The molecule has 0 saturated carbocycles. The molecule has 0 fully saturated rings. The zero-order chi connectivity index (χ0) is 16.1. The summed E-state index contributed by atoms with van der Waals surface area (Å²) >= 11 is 0. The molecule has 0 bridgehead atoms. The topological polar surface area (TPSA) is 82.0 Å². The van der Waals surface area contributed by atoms with Crippen molar-refractivity contribution in [3.63, 3.8) is 0 Å². The van der Waals surface area contributed by atoms with Crippen LogP contribution >= 0.6 is 0 Å². The molecule has 2 aromatic carbocycles. The largest absolute Gasteiger partial charge is 0.326 e. The van der Waals surface area contributed by atoms with Gasteiger partial charge in [-0.15, -0.1) is 0 Å². The van der Waals surface area contributed by atoms with E-state index in [-0.39, 0.29) is 11.8 Å². The Morgan fingerprint density at radius 1 is 1.00 bits per heavy atom. The Bertz CT molecular complexity index is 758. The summed E-state index contributed by atoms with van der Waals surface area (Å²) in [5.41, 5.74) is 3.02. The zero-order valence-corrected chi connectivity index (χ0v) is 12.3. The van der Waals surface area contributed by atoms with Gasteiger partial charge in [0.05, 0.1) is 11.6 Å². The van der Waals surface area contributed by atoms with Crippen LogP contribution in [0.2, 0.25) is 0 Å². The lowest BCUT2D eigenvalue weighted by molar-refractivity contribution is -0.114. The first kappa shape index (κ1) is 15.3. The second-order valence-electron chi connectivity index (χ2n) is 4.80. The van der Waals surface area contributed by atoms with Gasteiger partial charge < -0.3 is 10.6 Å². The molecule has 0 radical (unpaired) electrons. The first-order valence-electron chi connectivity index (χ1n) is 6.70. The quantitative estimate of drug-likeness (QED) is 0.912. The number of carbonyl (C=O) groups is 2. The minimum atomic E-state index is -0.271. The van der Waals surface area contributed by atoms with Crippen LogP contribution in [0.15, 0.2) is 42.5 Å². The first-order chi connectivity index (χ1) is 10.5. The molecule has 0 aliphatic heterocycles. The fourth-order valence-corrected chi connectivity index (χ4v) is 1.99. The Balaban J connectivity index is 2.21. The van der Waals surface area contributed by atoms with E-state index in [1.807, 2.05) is 13.0 Å². The molecule has 110 valence electrons. The van der Waals surface area contributed by atoms with E-state index in [1.54, 1.807) is 42.5 Å². The molecule has 2 aromatic rings. The van der Waals surface area contributed by atoms with Gasteiger partial charge >= 0.3 is 0 Å². The summed E-state index contributed by atoms with van der Waals surface area (Å²) in [5.74, 6) is -0.439. The van der Waals surface area contributed by atoms with Gasteiger partial charge in [0.2, 0.25) is 5.91 Å². The molecule has 0 aliphatic rings. The Labute approximate surface area is 128 Å². The maximum Gasteiger partial charge on any atom is 0.255 e. The van der Waals surface area contributed by atoms with Gasteiger partial charge in [-0.05, 0) is 48.9 Å². The molecular formula is C17H15N3O2. The molecule has 2 N–H and O–H groups in total. The zero-order valence-electron chi connectivity index (χ0n) is 12.3. The highest BCUT2D eigenvalue weighted by Gasteiger charge is 2.10. The third kappa shape index (κ3) is 3.49. The van der Waals surface area contributed by atoms with E-state index < -0.39 is 0 Å². The van der Waals surface area contributed by atoms with Crippen LogP contribution in [0.1, 0.15) is 28.4 Å². The van der Waals surface area contributed by atoms with Gasteiger partial charge in [-0.1, -0.05) is 6.07 Å². The Morgan fingerprint density at radius 3 is 2.14 bits per heavy atom. The Hall–Kier alpha value is -3.13. The van der Waals surface area contributed by atoms with Crippen molar-refractivity contribution >= 4 is 23.2 Å². The number of hydrogen-bond donors (Lipinski definition) is 2. The van der Waals surface area contributed by atoms with E-state index >= 15 is 0 Å². The van der Waals surface area contributed by atoms with Crippen LogP contribution in [0, 0.1) is 18.3 Å². The minimum Gasteiger partial charge on any atom is -0.326 e. The van der Waals surface area contributed by atoms with Crippen molar-refractivity contribution in [1.82, 2.24) is 0 Å². The van der Waals surface area contributed by atoms with Crippen molar-refractivity contribution in [2.75, 3.05) is 10.6 Å². The summed E-state index contributed by atoms with van der Waals surface area (Å²) in [4.78, 5) is 23.4. The molecule has 0 saturated heterocycles. The fraction of sp³-hybridized carbons (Fsp3) is 0.118. The van der Waals surface area contributed by atoms with Crippen LogP contribution in [0.4, 0.5) is 11.4 Å². The van der Waals surface area contributed by atoms with Gasteiger partial charge in [-0.25, -0.2) is 0 Å². The second-order valence-corrected chi connectivity index (χ2v) is 4.80. The highest BCUT2D eigenvalue weighted by Crippen LogP contribution is 2.23. The number of carbonyl (C=O) groups excluding carboxylic acids is 2. The molecule has 2 amide bonds. The van der Waals surface area contributed by atoms with E-state index in [2.05, 4.69) is 10.6 Å². The number of nitriles is 1. The molecule has 0 unspecified atom stereocenters. The standard InChI is InChI=1S/C17H15N3O2/c1-11-15(19-12(2)21)4-3-5-16(11)20-17(22)14-8-6-13(10-18)7-9-14/h3-9H,1-2H3,(H,19,21)(H,20,22). The molecule has 22 heavy (non-hydrogen) atoms. The average Bonchev–Trinajstić information content (AvgIpc) is 2.51. The summed E-state index contributed by atoms with van der Waals surface area (Å²) in [7, 11) is 0. The first-order valence-corrected chi connectivity index (χ1v) is 6.70. The highest BCUT2D eigenvalue weighted by molar-refractivity contribution is 6.05. The molecule has 0 heterocycles. The van der Waals surface area contributed by atoms with Crippen molar-refractivity contribution in [1.29, 1.82) is 5.26 Å². The van der Waals surface area contributed by atoms with Crippen molar-refractivity contribution in [2.24, 2.45) is 0 Å². The van der Waals surface area contributed by atoms with E-state index in [1.165, 1.54) is 6.92 Å². The molecule has 5 nitrogen and oxygen atoms in total. The van der Waals surface area contributed by atoms with Crippen molar-refractivity contribution in [2.45, 2.75) is 13.8 Å². The third-order valence-electron chi connectivity index (χ3n) is 3.17. The van der Waals surface area contributed by atoms with Crippen LogP contribution in [0.3, 0.4) is 0 Å². The summed E-state index contributed by atoms with van der Waals surface area (Å²) in [6.45, 7) is 3.25. The minimum absolute atomic E-state index is 0.168. The van der Waals surface area contributed by atoms with Crippen LogP contribution in [-0.4, -0.2) is 11.8 Å². The highest BCUT2D eigenvalue weighted by atomic mass is 16.2. The molecular weight excluding hydrogens is 278 g/mol. The summed E-state index contributed by atoms with van der Waals surface area (Å²) in [6, 6.07) is 13.7. The normalized spacial score (nSPS) is 9.68. The van der Waals surface area contributed by atoms with Gasteiger partial charge in [-0.3, -0.25) is 9.59 Å². The Kier molecular flexibility index (Phi) is 4.54. The van der Waals surface area contributed by atoms with Gasteiger partial charge in [0, 0.05) is 23.9 Å². The summed E-state index contributed by atoms with van der Waals surface area (Å²) in [5, 5.41) is 14.3. The average molecular weight is 293 g/mol. The van der Waals surface area contributed by atoms with Gasteiger partial charge in [0.25, 0.3) is 5.91 Å². The summed E-state index contributed by atoms with van der Waals surface area (Å²) in [6.07, 6.45) is 0. The van der Waals surface area contributed by atoms with E-state index in [9.17, 15) is 9.59 Å². The lowest BCUT2D eigenvalue weighted by Gasteiger charge is -2.12. The monoisotopic (exact) mass is 293 g/mol. The van der Waals surface area contributed by atoms with Crippen LogP contribution in [0.25, 0.3) is 0 Å². The van der Waals surface area contributed by atoms with Gasteiger partial charge in [-0.2, -0.15) is 5.26 Å². The fourth-order valence-electron chi connectivity index (χ4n) is 1.99. The smallest absolute Gasteiger partial charge is 0.255 e. The maximum absolute atomic E-state index is 12.2. The molecule has 0 aliphatic carbocycles. The van der Waals surface area contributed by atoms with Crippen molar-refractivity contribution in [3.8, 4) is 6.07 Å². The number of anilines is 2. The van der Waals surface area contributed by atoms with E-state index in [0.717, 1.165) is 5.56 Å². The second kappa shape index (κ2) is 6.55. The number of rotatable bonds is 3. The van der Waals surface area contributed by atoms with Gasteiger partial charge in [0.15, 0.2) is 0 Å². The predicted molar refractivity (Wildman–Crippen MR) is 84.6 cm³/mol. The maximum atomic E-state index is 12.2. The van der Waals surface area contributed by atoms with Crippen molar-refractivity contribution in [3.05, 3.63) is 59.2 Å². The predicted octanol–water partition coefficient (Wildman–Crippen LogP) is 3.08.